The molecular formula is C20H17ClN4O2. The molecular weight excluding hydrogens is 364 g/mol. The molecule has 0 unspecified atom stereocenters. The second-order valence-corrected chi connectivity index (χ2v) is 6.83. The minimum absolute atomic E-state index is 0.306. The van der Waals surface area contributed by atoms with E-state index in [2.05, 4.69) is 16.2 Å². The van der Waals surface area contributed by atoms with Crippen molar-refractivity contribution in [2.24, 2.45) is 5.92 Å². The Hall–Kier alpha value is -3.04. The van der Waals surface area contributed by atoms with Gasteiger partial charge in [-0.05, 0) is 37.0 Å². The Morgan fingerprint density at radius 2 is 2.04 bits per heavy atom. The molecule has 27 heavy (non-hydrogen) atoms. The van der Waals surface area contributed by atoms with Gasteiger partial charge in [-0.25, -0.2) is 4.98 Å². The van der Waals surface area contributed by atoms with Gasteiger partial charge < -0.3 is 9.47 Å². The van der Waals surface area contributed by atoms with Crippen molar-refractivity contribution < 1.29 is 9.47 Å². The number of pyridine rings is 1. The Morgan fingerprint density at radius 3 is 2.85 bits per heavy atom. The lowest BCUT2D eigenvalue weighted by molar-refractivity contribution is 0.261. The molecule has 0 radical (unpaired) electrons. The Balaban J connectivity index is 1.51. The fourth-order valence-electron chi connectivity index (χ4n) is 2.60. The third-order valence-corrected chi connectivity index (χ3v) is 4.51. The highest BCUT2D eigenvalue weighted by atomic mass is 35.5. The number of hydrogen-bond donors (Lipinski definition) is 0. The molecule has 1 aliphatic rings. The first kappa shape index (κ1) is 17.4. The molecule has 1 fully saturated rings. The molecule has 1 aliphatic carbocycles. The van der Waals surface area contributed by atoms with Crippen LogP contribution in [0.4, 0.5) is 0 Å². The lowest BCUT2D eigenvalue weighted by Gasteiger charge is -2.13. The van der Waals surface area contributed by atoms with Gasteiger partial charge in [-0.15, -0.1) is 0 Å². The van der Waals surface area contributed by atoms with Crippen molar-refractivity contribution in [2.45, 2.75) is 19.4 Å². The summed E-state index contributed by atoms with van der Waals surface area (Å²) < 4.78 is 13.4. The summed E-state index contributed by atoms with van der Waals surface area (Å²) in [5.41, 5.74) is 1.42. The Labute approximate surface area is 161 Å². The van der Waals surface area contributed by atoms with Gasteiger partial charge in [0, 0.05) is 28.9 Å². The van der Waals surface area contributed by atoms with Crippen molar-refractivity contribution in [3.8, 4) is 23.5 Å². The van der Waals surface area contributed by atoms with Crippen molar-refractivity contribution >= 4 is 11.6 Å². The minimum atomic E-state index is 0.306. The third kappa shape index (κ3) is 4.21. The fourth-order valence-corrected chi connectivity index (χ4v) is 2.76. The summed E-state index contributed by atoms with van der Waals surface area (Å²) in [5, 5.41) is 13.9. The van der Waals surface area contributed by atoms with E-state index >= 15 is 0 Å². The van der Waals surface area contributed by atoms with Gasteiger partial charge in [0.05, 0.1) is 24.4 Å². The highest BCUT2D eigenvalue weighted by molar-refractivity contribution is 6.30. The smallest absolute Gasteiger partial charge is 0.218 e. The molecule has 136 valence electrons. The SMILES string of the molecule is N#Cc1ccnc(-n2nccc2OCc2ccc(Cl)cc2OCC2CC2)c1. The number of aromatic nitrogens is 3. The largest absolute Gasteiger partial charge is 0.493 e. The second kappa shape index (κ2) is 7.68. The molecule has 0 bridgehead atoms. The number of hydrogen-bond acceptors (Lipinski definition) is 5. The predicted octanol–water partition coefficient (Wildman–Crippen LogP) is 4.16. The van der Waals surface area contributed by atoms with E-state index in [1.54, 1.807) is 35.3 Å². The molecule has 6 nitrogen and oxygen atoms in total. The van der Waals surface area contributed by atoms with E-state index in [-0.39, 0.29) is 0 Å². The van der Waals surface area contributed by atoms with Crippen molar-refractivity contribution in [2.75, 3.05) is 6.61 Å². The summed E-state index contributed by atoms with van der Waals surface area (Å²) in [6.45, 7) is 1.01. The maximum Gasteiger partial charge on any atom is 0.218 e. The molecule has 0 N–H and O–H groups in total. The quantitative estimate of drug-likeness (QED) is 0.615. The average Bonchev–Trinajstić information content (AvgIpc) is 3.41. The van der Waals surface area contributed by atoms with Crippen molar-refractivity contribution in [3.63, 3.8) is 0 Å². The molecule has 1 aromatic carbocycles. The van der Waals surface area contributed by atoms with Crippen LogP contribution in [-0.2, 0) is 6.61 Å². The van der Waals surface area contributed by atoms with Crippen molar-refractivity contribution in [3.05, 3.63) is 64.9 Å². The zero-order chi connectivity index (χ0) is 18.6. The number of halogens is 1. The van der Waals surface area contributed by atoms with E-state index in [9.17, 15) is 0 Å². The van der Waals surface area contributed by atoms with Crippen LogP contribution in [0.1, 0.15) is 24.0 Å². The van der Waals surface area contributed by atoms with E-state index in [4.69, 9.17) is 26.3 Å². The van der Waals surface area contributed by atoms with E-state index < -0.39 is 0 Å². The monoisotopic (exact) mass is 380 g/mol. The van der Waals surface area contributed by atoms with Crippen LogP contribution in [-0.4, -0.2) is 21.4 Å². The van der Waals surface area contributed by atoms with E-state index in [0.717, 1.165) is 11.3 Å². The molecule has 3 aromatic rings. The summed E-state index contributed by atoms with van der Waals surface area (Å²) in [7, 11) is 0. The number of rotatable bonds is 7. The molecule has 0 spiro atoms. The summed E-state index contributed by atoms with van der Waals surface area (Å²) in [6.07, 6.45) is 5.64. The summed E-state index contributed by atoms with van der Waals surface area (Å²) in [5.74, 6) is 2.44. The molecule has 0 saturated heterocycles. The highest BCUT2D eigenvalue weighted by Crippen LogP contribution is 2.31. The van der Waals surface area contributed by atoms with E-state index in [1.807, 2.05) is 18.2 Å². The van der Waals surface area contributed by atoms with Gasteiger partial charge in [-0.3, -0.25) is 0 Å². The van der Waals surface area contributed by atoms with Crippen LogP contribution >= 0.6 is 11.6 Å². The maximum atomic E-state index is 9.06. The Kier molecular flexibility index (Phi) is 4.95. The van der Waals surface area contributed by atoms with E-state index in [0.29, 0.717) is 41.4 Å². The third-order valence-electron chi connectivity index (χ3n) is 4.28. The van der Waals surface area contributed by atoms with Crippen LogP contribution in [0, 0.1) is 17.2 Å². The molecule has 4 rings (SSSR count). The number of benzene rings is 1. The van der Waals surface area contributed by atoms with E-state index in [1.165, 1.54) is 12.8 Å². The van der Waals surface area contributed by atoms with Gasteiger partial charge >= 0.3 is 0 Å². The van der Waals surface area contributed by atoms with Gasteiger partial charge in [0.1, 0.15) is 12.4 Å². The molecule has 2 heterocycles. The number of nitrogens with zero attached hydrogens (tertiary/aromatic N) is 4. The van der Waals surface area contributed by atoms with Crippen LogP contribution < -0.4 is 9.47 Å². The zero-order valence-corrected chi connectivity index (χ0v) is 15.3. The van der Waals surface area contributed by atoms with Crippen LogP contribution in [0.5, 0.6) is 11.6 Å². The molecule has 2 aromatic heterocycles. The van der Waals surface area contributed by atoms with Crippen LogP contribution in [0.3, 0.4) is 0 Å². The number of nitriles is 1. The average molecular weight is 381 g/mol. The van der Waals surface area contributed by atoms with Crippen LogP contribution in [0.2, 0.25) is 5.02 Å². The minimum Gasteiger partial charge on any atom is -0.493 e. The predicted molar refractivity (Wildman–Crippen MR) is 100 cm³/mol. The maximum absolute atomic E-state index is 9.06. The molecule has 1 saturated carbocycles. The second-order valence-electron chi connectivity index (χ2n) is 6.39. The standard InChI is InChI=1S/C20H17ClN4O2/c21-17-4-3-16(18(10-17)26-12-14-1-2-14)13-27-20-6-8-24-25(20)19-9-15(11-22)5-7-23-19/h3-10,14H,1-2,12-13H2. The van der Waals surface area contributed by atoms with Gasteiger partial charge in [-0.2, -0.15) is 15.0 Å². The topological polar surface area (TPSA) is 73.0 Å². The molecule has 0 amide bonds. The van der Waals surface area contributed by atoms with Gasteiger partial charge in [0.25, 0.3) is 0 Å². The van der Waals surface area contributed by atoms with Gasteiger partial charge in [-0.1, -0.05) is 17.7 Å². The van der Waals surface area contributed by atoms with Crippen LogP contribution in [0.25, 0.3) is 5.82 Å². The Bertz CT molecular complexity index is 992. The van der Waals surface area contributed by atoms with Gasteiger partial charge in [0.15, 0.2) is 5.82 Å². The first-order valence-electron chi connectivity index (χ1n) is 8.67. The lowest BCUT2D eigenvalue weighted by Crippen LogP contribution is -2.07. The molecule has 0 aliphatic heterocycles. The van der Waals surface area contributed by atoms with Crippen molar-refractivity contribution in [1.29, 1.82) is 5.26 Å². The first-order valence-corrected chi connectivity index (χ1v) is 9.05. The summed E-state index contributed by atoms with van der Waals surface area (Å²) in [4.78, 5) is 4.26. The zero-order valence-electron chi connectivity index (χ0n) is 14.5. The van der Waals surface area contributed by atoms with Crippen molar-refractivity contribution in [1.82, 2.24) is 14.8 Å². The molecule has 0 atom stereocenters. The fraction of sp³-hybridized carbons (Fsp3) is 0.250. The Morgan fingerprint density at radius 1 is 1.15 bits per heavy atom. The summed E-state index contributed by atoms with van der Waals surface area (Å²) in [6, 6.07) is 12.7. The van der Waals surface area contributed by atoms with Crippen LogP contribution in [0.15, 0.2) is 48.8 Å². The summed E-state index contributed by atoms with van der Waals surface area (Å²) >= 11 is 6.11. The number of ether oxygens (including phenoxy) is 2. The van der Waals surface area contributed by atoms with Gasteiger partial charge in [0.2, 0.25) is 5.88 Å². The lowest BCUT2D eigenvalue weighted by atomic mass is 10.2. The molecule has 7 heteroatoms. The first-order chi connectivity index (χ1) is 13.2. The normalized spacial score (nSPS) is 13.2. The highest BCUT2D eigenvalue weighted by Gasteiger charge is 2.22.